The third-order valence-electron chi connectivity index (χ3n) is 10.4. The second-order valence-electron chi connectivity index (χ2n) is 13.7. The van der Waals surface area contributed by atoms with E-state index in [2.05, 4.69) is 217 Å². The molecule has 0 aliphatic rings. The zero-order chi connectivity index (χ0) is 35.8. The van der Waals surface area contributed by atoms with Crippen molar-refractivity contribution in [3.05, 3.63) is 212 Å². The largest absolute Gasteiger partial charge is 0.456 e. The van der Waals surface area contributed by atoms with Gasteiger partial charge in [-0.15, -0.1) is 0 Å². The fraction of sp³-hybridized carbons (Fsp3) is 0. The molecular weight excluding hydrogens is 655 g/mol. The zero-order valence-electron chi connectivity index (χ0n) is 29.6. The maximum atomic E-state index is 6.82. The van der Waals surface area contributed by atoms with Crippen LogP contribution in [0.3, 0.4) is 0 Å². The molecule has 10 rings (SSSR count). The Morgan fingerprint density at radius 3 is 1.35 bits per heavy atom. The van der Waals surface area contributed by atoms with Crippen LogP contribution in [0.5, 0.6) is 0 Å². The van der Waals surface area contributed by atoms with Gasteiger partial charge in [0.15, 0.2) is 0 Å². The number of hydrogen-bond acceptors (Lipinski definition) is 2. The van der Waals surface area contributed by atoms with E-state index in [4.69, 9.17) is 4.42 Å². The molecule has 254 valence electrons. The summed E-state index contributed by atoms with van der Waals surface area (Å²) in [6.07, 6.45) is 0. The average molecular weight is 690 g/mol. The van der Waals surface area contributed by atoms with Gasteiger partial charge in [0.1, 0.15) is 11.2 Å². The van der Waals surface area contributed by atoms with Crippen molar-refractivity contribution in [1.82, 2.24) is 0 Å². The fourth-order valence-corrected chi connectivity index (χ4v) is 7.84. The Balaban J connectivity index is 1.19. The van der Waals surface area contributed by atoms with Crippen LogP contribution in [0, 0.1) is 0 Å². The number of hydrogen-bond donors (Lipinski definition) is 0. The van der Waals surface area contributed by atoms with Crippen molar-refractivity contribution in [1.29, 1.82) is 0 Å². The molecule has 0 saturated carbocycles. The van der Waals surface area contributed by atoms with Crippen molar-refractivity contribution in [2.24, 2.45) is 0 Å². The predicted octanol–water partition coefficient (Wildman–Crippen LogP) is 14.9. The van der Waals surface area contributed by atoms with Crippen LogP contribution < -0.4 is 4.90 Å². The molecule has 0 N–H and O–H groups in total. The molecule has 0 atom stereocenters. The van der Waals surface area contributed by atoms with E-state index in [9.17, 15) is 0 Å². The molecule has 54 heavy (non-hydrogen) atoms. The molecule has 0 amide bonds. The first-order valence-corrected chi connectivity index (χ1v) is 18.4. The van der Waals surface area contributed by atoms with E-state index in [0.717, 1.165) is 50.1 Å². The number of nitrogens with zero attached hydrogens (tertiary/aromatic N) is 1. The summed E-state index contributed by atoms with van der Waals surface area (Å²) >= 11 is 0. The molecule has 0 spiro atoms. The van der Waals surface area contributed by atoms with Crippen molar-refractivity contribution in [3.8, 4) is 44.5 Å². The van der Waals surface area contributed by atoms with E-state index in [1.165, 1.54) is 44.2 Å². The summed E-state index contributed by atoms with van der Waals surface area (Å²) in [5.74, 6) is 0. The molecule has 2 heteroatoms. The topological polar surface area (TPSA) is 16.4 Å². The highest BCUT2D eigenvalue weighted by Crippen LogP contribution is 2.44. The monoisotopic (exact) mass is 689 g/mol. The molecule has 0 unspecified atom stereocenters. The van der Waals surface area contributed by atoms with Crippen molar-refractivity contribution >= 4 is 49.8 Å². The summed E-state index contributed by atoms with van der Waals surface area (Å²) in [6, 6.07) is 75.8. The minimum atomic E-state index is 0.853. The van der Waals surface area contributed by atoms with Gasteiger partial charge in [0.2, 0.25) is 0 Å². The van der Waals surface area contributed by atoms with E-state index in [-0.39, 0.29) is 0 Å². The second kappa shape index (κ2) is 13.4. The molecule has 0 aliphatic heterocycles. The Morgan fingerprint density at radius 1 is 0.278 bits per heavy atom. The summed E-state index contributed by atoms with van der Waals surface area (Å²) in [7, 11) is 0. The van der Waals surface area contributed by atoms with Crippen molar-refractivity contribution in [3.63, 3.8) is 0 Å². The Morgan fingerprint density at radius 2 is 0.759 bits per heavy atom. The summed E-state index contributed by atoms with van der Waals surface area (Å²) in [6.45, 7) is 0. The molecule has 0 aliphatic carbocycles. The van der Waals surface area contributed by atoms with Gasteiger partial charge in [0, 0.05) is 33.9 Å². The van der Waals surface area contributed by atoms with Crippen molar-refractivity contribution in [2.45, 2.75) is 0 Å². The van der Waals surface area contributed by atoms with Crippen LogP contribution in [0.25, 0.3) is 77.2 Å². The van der Waals surface area contributed by atoms with Crippen LogP contribution in [0.15, 0.2) is 217 Å². The van der Waals surface area contributed by atoms with Gasteiger partial charge in [-0.3, -0.25) is 0 Å². The normalized spacial score (nSPS) is 11.3. The lowest BCUT2D eigenvalue weighted by Crippen LogP contribution is -2.10. The van der Waals surface area contributed by atoms with Gasteiger partial charge in [-0.1, -0.05) is 158 Å². The number of anilines is 3. The third-order valence-corrected chi connectivity index (χ3v) is 10.4. The Hall–Kier alpha value is -7.16. The van der Waals surface area contributed by atoms with E-state index in [0.29, 0.717) is 0 Å². The Kier molecular flexibility index (Phi) is 7.85. The van der Waals surface area contributed by atoms with Crippen LogP contribution in [-0.2, 0) is 0 Å². The van der Waals surface area contributed by atoms with Gasteiger partial charge in [-0.2, -0.15) is 0 Å². The van der Waals surface area contributed by atoms with Gasteiger partial charge in [0.05, 0.1) is 0 Å². The van der Waals surface area contributed by atoms with Gasteiger partial charge in [-0.25, -0.2) is 0 Å². The minimum absolute atomic E-state index is 0.853. The maximum absolute atomic E-state index is 6.82. The maximum Gasteiger partial charge on any atom is 0.137 e. The number of fused-ring (bicyclic) bond motifs is 5. The standard InChI is InChI=1S/C52H35NO/c1-5-15-36(16-6-1)39-25-27-43(28-26-39)53(45-32-41(37-17-7-2-8-18-37)31-42(33-45)38-19-9-3-10-20-38)44-29-30-48-50(34-44)54-51-35-49(40-21-11-4-12-22-40)46-23-13-14-24-47(46)52(48)51/h1-35H. The SMILES string of the molecule is c1ccc(-c2ccc(N(c3cc(-c4ccccc4)cc(-c4ccccc4)c3)c3ccc4c(c3)oc3cc(-c5ccccc5)c5ccccc5c34)cc2)cc1. The Bertz CT molecular complexity index is 2840. The average Bonchev–Trinajstić information content (AvgIpc) is 3.63. The van der Waals surface area contributed by atoms with Crippen LogP contribution in [0.1, 0.15) is 0 Å². The summed E-state index contributed by atoms with van der Waals surface area (Å²) in [5, 5.41) is 4.65. The van der Waals surface area contributed by atoms with E-state index in [1.54, 1.807) is 0 Å². The molecule has 1 heterocycles. The zero-order valence-corrected chi connectivity index (χ0v) is 29.6. The molecule has 0 fully saturated rings. The molecule has 9 aromatic carbocycles. The highest BCUT2D eigenvalue weighted by atomic mass is 16.3. The van der Waals surface area contributed by atoms with E-state index < -0.39 is 0 Å². The van der Waals surface area contributed by atoms with Gasteiger partial charge in [0.25, 0.3) is 0 Å². The van der Waals surface area contributed by atoms with Crippen LogP contribution >= 0.6 is 0 Å². The summed E-state index contributed by atoms with van der Waals surface area (Å²) in [4.78, 5) is 2.35. The summed E-state index contributed by atoms with van der Waals surface area (Å²) in [5.41, 5.74) is 14.3. The molecule has 0 radical (unpaired) electrons. The minimum Gasteiger partial charge on any atom is -0.456 e. The molecule has 0 bridgehead atoms. The van der Waals surface area contributed by atoms with Crippen LogP contribution in [0.4, 0.5) is 17.1 Å². The third kappa shape index (κ3) is 5.71. The van der Waals surface area contributed by atoms with Crippen LogP contribution in [0.2, 0.25) is 0 Å². The fourth-order valence-electron chi connectivity index (χ4n) is 7.84. The highest BCUT2D eigenvalue weighted by Gasteiger charge is 2.20. The predicted molar refractivity (Wildman–Crippen MR) is 228 cm³/mol. The van der Waals surface area contributed by atoms with E-state index in [1.807, 2.05) is 0 Å². The molecule has 0 saturated heterocycles. The number of furan rings is 1. The first kappa shape index (κ1) is 31.6. The Labute approximate surface area is 314 Å². The lowest BCUT2D eigenvalue weighted by Gasteiger charge is -2.27. The lowest BCUT2D eigenvalue weighted by molar-refractivity contribution is 0.669. The van der Waals surface area contributed by atoms with Crippen molar-refractivity contribution in [2.75, 3.05) is 4.90 Å². The molecule has 10 aromatic rings. The first-order chi connectivity index (χ1) is 26.8. The molecule has 1 aromatic heterocycles. The smallest absolute Gasteiger partial charge is 0.137 e. The summed E-state index contributed by atoms with van der Waals surface area (Å²) < 4.78 is 6.82. The quantitative estimate of drug-likeness (QED) is 0.166. The first-order valence-electron chi connectivity index (χ1n) is 18.4. The second-order valence-corrected chi connectivity index (χ2v) is 13.7. The molecule has 2 nitrogen and oxygen atoms in total. The van der Waals surface area contributed by atoms with Gasteiger partial charge < -0.3 is 9.32 Å². The number of benzene rings is 9. The lowest BCUT2D eigenvalue weighted by atomic mass is 9.95. The van der Waals surface area contributed by atoms with Crippen molar-refractivity contribution < 1.29 is 4.42 Å². The van der Waals surface area contributed by atoms with Gasteiger partial charge in [-0.05, 0) is 104 Å². The molecular formula is C52H35NO. The van der Waals surface area contributed by atoms with Gasteiger partial charge >= 0.3 is 0 Å². The van der Waals surface area contributed by atoms with E-state index >= 15 is 0 Å². The van der Waals surface area contributed by atoms with Crippen LogP contribution in [-0.4, -0.2) is 0 Å². The highest BCUT2D eigenvalue weighted by molar-refractivity contribution is 6.22. The number of rotatable bonds is 7.